The molecule has 0 rings (SSSR count). The Morgan fingerprint density at radius 1 is 0.535 bits per heavy atom. The minimum Gasteiger partial charge on any atom is -0.481 e. The molecule has 0 aliphatic rings. The van der Waals surface area contributed by atoms with Gasteiger partial charge in [-0.15, -0.1) is 0 Å². The first-order valence-electron chi connectivity index (χ1n) is 15.0. The molecule has 5 unspecified atom stereocenters. The summed E-state index contributed by atoms with van der Waals surface area (Å²) in [4.78, 5) is 83.8. The van der Waals surface area contributed by atoms with E-state index >= 15 is 0 Å². The summed E-state index contributed by atoms with van der Waals surface area (Å²) in [6.07, 6.45) is 6.94. The molecule has 0 aromatic heterocycles. The van der Waals surface area contributed by atoms with Gasteiger partial charge in [-0.3, -0.25) is 24.0 Å². The zero-order valence-electron chi connectivity index (χ0n) is 25.4. The van der Waals surface area contributed by atoms with Crippen molar-refractivity contribution in [2.75, 3.05) is 0 Å². The Labute approximate surface area is 252 Å². The molecule has 0 aliphatic carbocycles. The van der Waals surface area contributed by atoms with Gasteiger partial charge in [-0.05, 0) is 32.1 Å². The number of carbonyl (C=O) groups is 7. The van der Waals surface area contributed by atoms with Gasteiger partial charge in [-0.1, -0.05) is 65.7 Å². The first-order chi connectivity index (χ1) is 20.2. The van der Waals surface area contributed by atoms with Crippen molar-refractivity contribution in [1.29, 1.82) is 0 Å². The second-order valence-electron chi connectivity index (χ2n) is 11.0. The van der Waals surface area contributed by atoms with Gasteiger partial charge < -0.3 is 36.4 Å². The zero-order valence-corrected chi connectivity index (χ0v) is 25.4. The molecule has 0 fully saturated rings. The van der Waals surface area contributed by atoms with Crippen molar-refractivity contribution >= 4 is 41.6 Å². The Morgan fingerprint density at radius 3 is 1.56 bits per heavy atom. The summed E-state index contributed by atoms with van der Waals surface area (Å²) in [6.45, 7) is 4.82. The van der Waals surface area contributed by atoms with E-state index < -0.39 is 71.6 Å². The van der Waals surface area contributed by atoms with Crippen molar-refractivity contribution in [3.05, 3.63) is 0 Å². The highest BCUT2D eigenvalue weighted by atomic mass is 16.4. The zero-order chi connectivity index (χ0) is 32.9. The minimum absolute atomic E-state index is 0.0216. The highest BCUT2D eigenvalue weighted by Gasteiger charge is 2.32. The lowest BCUT2D eigenvalue weighted by Crippen LogP contribution is -2.53. The Kier molecular flexibility index (Phi) is 20.0. The molecular formula is C29H49N3O11. The number of carbonyl (C=O) groups excluding carboxylic acids is 3. The Hall–Kier alpha value is -3.71. The van der Waals surface area contributed by atoms with Crippen LogP contribution in [0.5, 0.6) is 0 Å². The van der Waals surface area contributed by atoms with Gasteiger partial charge in [0.05, 0.1) is 5.92 Å². The van der Waals surface area contributed by atoms with Gasteiger partial charge in [0.25, 0.3) is 0 Å². The van der Waals surface area contributed by atoms with E-state index in [1.54, 1.807) is 0 Å². The van der Waals surface area contributed by atoms with Gasteiger partial charge in [-0.25, -0.2) is 9.59 Å². The Balaban J connectivity index is 5.44. The molecule has 7 N–H and O–H groups in total. The van der Waals surface area contributed by atoms with E-state index in [9.17, 15) is 43.8 Å². The predicted molar refractivity (Wildman–Crippen MR) is 155 cm³/mol. The number of amides is 3. The molecule has 14 heteroatoms. The number of nitrogens with one attached hydrogen (secondary N) is 3. The maximum atomic E-state index is 13.1. The van der Waals surface area contributed by atoms with E-state index in [1.165, 1.54) is 26.7 Å². The van der Waals surface area contributed by atoms with Crippen molar-refractivity contribution in [2.24, 2.45) is 11.8 Å². The van der Waals surface area contributed by atoms with E-state index in [4.69, 9.17) is 10.2 Å². The smallest absolute Gasteiger partial charge is 0.326 e. The summed E-state index contributed by atoms with van der Waals surface area (Å²) >= 11 is 0. The van der Waals surface area contributed by atoms with Crippen LogP contribution in [0.2, 0.25) is 0 Å². The van der Waals surface area contributed by atoms with Crippen LogP contribution in [-0.2, 0) is 33.6 Å². The lowest BCUT2D eigenvalue weighted by atomic mass is 9.97. The molecule has 0 bridgehead atoms. The van der Waals surface area contributed by atoms with Gasteiger partial charge in [0.2, 0.25) is 17.7 Å². The lowest BCUT2D eigenvalue weighted by Gasteiger charge is -2.25. The molecule has 0 spiro atoms. The number of hydrogen-bond acceptors (Lipinski definition) is 7. The first kappa shape index (κ1) is 39.3. The third-order valence-electron chi connectivity index (χ3n) is 7.07. The predicted octanol–water partition coefficient (Wildman–Crippen LogP) is 2.53. The topological polar surface area (TPSA) is 236 Å². The van der Waals surface area contributed by atoms with Crippen molar-refractivity contribution < 1.29 is 54.0 Å². The molecule has 0 saturated carbocycles. The molecule has 3 amide bonds. The van der Waals surface area contributed by atoms with Crippen LogP contribution in [0.3, 0.4) is 0 Å². The molecule has 0 heterocycles. The van der Waals surface area contributed by atoms with Crippen LogP contribution in [-0.4, -0.2) is 80.2 Å². The SMILES string of the molecule is CCCCCCCCCCC(=O)NC(CC(C)C(=O)NC(CC(C)C(=O)O)C(=O)O)C(=O)NC(CCCC(=O)O)C(=O)O. The van der Waals surface area contributed by atoms with Crippen LogP contribution in [0.1, 0.15) is 111 Å². The fourth-order valence-electron chi connectivity index (χ4n) is 4.35. The molecular weight excluding hydrogens is 566 g/mol. The van der Waals surface area contributed by atoms with E-state index in [2.05, 4.69) is 22.9 Å². The second-order valence-corrected chi connectivity index (χ2v) is 11.0. The van der Waals surface area contributed by atoms with Gasteiger partial charge in [0.15, 0.2) is 0 Å². The average molecular weight is 616 g/mol. The highest BCUT2D eigenvalue weighted by Crippen LogP contribution is 2.14. The number of carboxylic acid groups (broad SMARTS) is 4. The molecule has 14 nitrogen and oxygen atoms in total. The summed E-state index contributed by atoms with van der Waals surface area (Å²) in [6, 6.07) is -4.28. The number of rotatable bonds is 25. The lowest BCUT2D eigenvalue weighted by molar-refractivity contribution is -0.146. The van der Waals surface area contributed by atoms with E-state index in [1.807, 2.05) is 0 Å². The fraction of sp³-hybridized carbons (Fsp3) is 0.759. The monoisotopic (exact) mass is 615 g/mol. The first-order valence-corrected chi connectivity index (χ1v) is 15.0. The third-order valence-corrected chi connectivity index (χ3v) is 7.07. The van der Waals surface area contributed by atoms with Crippen molar-refractivity contribution in [3.63, 3.8) is 0 Å². The summed E-state index contributed by atoms with van der Waals surface area (Å²) in [5, 5.41) is 44.0. The van der Waals surface area contributed by atoms with Crippen LogP contribution in [0.25, 0.3) is 0 Å². The van der Waals surface area contributed by atoms with E-state index in [-0.39, 0.29) is 38.5 Å². The molecule has 43 heavy (non-hydrogen) atoms. The third kappa shape index (κ3) is 18.4. The summed E-state index contributed by atoms with van der Waals surface area (Å²) < 4.78 is 0. The number of hydrogen-bond donors (Lipinski definition) is 7. The van der Waals surface area contributed by atoms with Crippen LogP contribution in [0, 0.1) is 11.8 Å². The Morgan fingerprint density at radius 2 is 1.05 bits per heavy atom. The summed E-state index contributed by atoms with van der Waals surface area (Å²) in [5.74, 6) is -9.44. The van der Waals surface area contributed by atoms with Crippen LogP contribution >= 0.6 is 0 Å². The summed E-state index contributed by atoms with van der Waals surface area (Å²) in [5.41, 5.74) is 0. The van der Waals surface area contributed by atoms with Crippen molar-refractivity contribution in [1.82, 2.24) is 16.0 Å². The van der Waals surface area contributed by atoms with Crippen LogP contribution in [0.4, 0.5) is 0 Å². The summed E-state index contributed by atoms with van der Waals surface area (Å²) in [7, 11) is 0. The second kappa shape index (κ2) is 21.9. The number of unbranched alkanes of at least 4 members (excludes halogenated alkanes) is 7. The van der Waals surface area contributed by atoms with Gasteiger partial charge in [-0.2, -0.15) is 0 Å². The molecule has 0 aliphatic heterocycles. The molecule has 246 valence electrons. The molecule has 0 aromatic rings. The maximum absolute atomic E-state index is 13.1. The van der Waals surface area contributed by atoms with E-state index in [0.29, 0.717) is 6.42 Å². The van der Waals surface area contributed by atoms with Crippen LogP contribution < -0.4 is 16.0 Å². The normalized spacial score (nSPS) is 14.4. The molecule has 5 atom stereocenters. The number of carboxylic acids is 4. The fourth-order valence-corrected chi connectivity index (χ4v) is 4.35. The average Bonchev–Trinajstić information content (AvgIpc) is 2.92. The molecule has 0 radical (unpaired) electrons. The molecule has 0 saturated heterocycles. The quantitative estimate of drug-likeness (QED) is 0.0737. The molecule has 0 aromatic carbocycles. The Bertz CT molecular complexity index is 941. The van der Waals surface area contributed by atoms with Gasteiger partial charge in [0.1, 0.15) is 18.1 Å². The largest absolute Gasteiger partial charge is 0.481 e. The number of aliphatic carboxylic acids is 4. The standard InChI is InChI=1S/C29H49N3O11/c1-4-5-6-7-8-9-10-11-14-23(33)30-21(26(37)31-20(28(40)41)13-12-15-24(34)35)16-18(2)25(36)32-22(29(42)43)17-19(3)27(38)39/h18-22H,4-17H2,1-3H3,(H,30,33)(H,31,37)(H,32,36)(H,34,35)(H,38,39)(H,40,41)(H,42,43). The highest BCUT2D eigenvalue weighted by molar-refractivity contribution is 5.91. The van der Waals surface area contributed by atoms with Gasteiger partial charge >= 0.3 is 23.9 Å². The van der Waals surface area contributed by atoms with Crippen LogP contribution in [0.15, 0.2) is 0 Å². The van der Waals surface area contributed by atoms with Crippen molar-refractivity contribution in [3.8, 4) is 0 Å². The minimum atomic E-state index is -1.50. The maximum Gasteiger partial charge on any atom is 0.326 e. The van der Waals surface area contributed by atoms with E-state index in [0.717, 1.165) is 32.1 Å². The van der Waals surface area contributed by atoms with Crippen molar-refractivity contribution in [2.45, 2.75) is 129 Å². The van der Waals surface area contributed by atoms with Gasteiger partial charge in [0, 0.05) is 18.8 Å².